The van der Waals surface area contributed by atoms with Gasteiger partial charge in [-0.15, -0.1) is 0 Å². The molecular weight excluding hydrogens is 260 g/mol. The standard InChI is InChI=1S/C15H20O5/c1-8-4-5-11-9(2)12(16)17-13-15(11)10(8)6-7-14(3,18-13)19-20-15/h8,10-11,13H,2,4-7H2,1,3H3/t8-,10?,11+,13?,14+,15-/m1/s1. The average Bonchev–Trinajstić information content (AvgIpc) is 2.63. The second-order valence-electron chi connectivity index (χ2n) is 6.79. The molecule has 5 heteroatoms. The van der Waals surface area contributed by atoms with Crippen molar-refractivity contribution in [3.8, 4) is 0 Å². The molecule has 1 spiro atoms. The van der Waals surface area contributed by atoms with Gasteiger partial charge >= 0.3 is 5.97 Å². The van der Waals surface area contributed by atoms with E-state index >= 15 is 0 Å². The maximum atomic E-state index is 12.0. The van der Waals surface area contributed by atoms with Crippen LogP contribution in [-0.2, 0) is 24.0 Å². The number of carbonyl (C=O) groups excluding carboxylic acids is 1. The smallest absolute Gasteiger partial charge is 0.336 e. The molecule has 1 saturated carbocycles. The quantitative estimate of drug-likeness (QED) is 0.387. The Balaban J connectivity index is 1.86. The van der Waals surface area contributed by atoms with Crippen molar-refractivity contribution in [1.29, 1.82) is 0 Å². The van der Waals surface area contributed by atoms with Gasteiger partial charge in [-0.25, -0.2) is 14.6 Å². The fraction of sp³-hybridized carbons (Fsp3) is 0.800. The van der Waals surface area contributed by atoms with Crippen molar-refractivity contribution in [3.63, 3.8) is 0 Å². The van der Waals surface area contributed by atoms with Crippen LogP contribution in [0.15, 0.2) is 12.2 Å². The molecule has 4 heterocycles. The molecule has 110 valence electrons. The highest BCUT2D eigenvalue weighted by Crippen LogP contribution is 2.59. The van der Waals surface area contributed by atoms with Crippen molar-refractivity contribution < 1.29 is 24.0 Å². The van der Waals surface area contributed by atoms with E-state index in [9.17, 15) is 4.79 Å². The molecule has 6 atom stereocenters. The third-order valence-electron chi connectivity index (χ3n) is 5.62. The summed E-state index contributed by atoms with van der Waals surface area (Å²) in [6.45, 7) is 8.00. The zero-order valence-electron chi connectivity index (χ0n) is 11.9. The minimum Gasteiger partial charge on any atom is -0.429 e. The number of rotatable bonds is 0. The zero-order chi connectivity index (χ0) is 14.1. The van der Waals surface area contributed by atoms with Gasteiger partial charge in [0, 0.05) is 23.8 Å². The van der Waals surface area contributed by atoms with Crippen LogP contribution < -0.4 is 0 Å². The Morgan fingerprint density at radius 3 is 2.85 bits per heavy atom. The van der Waals surface area contributed by atoms with Gasteiger partial charge in [0.1, 0.15) is 0 Å². The van der Waals surface area contributed by atoms with Crippen LogP contribution in [-0.4, -0.2) is 23.6 Å². The molecule has 0 amide bonds. The first-order valence-electron chi connectivity index (χ1n) is 7.41. The van der Waals surface area contributed by atoms with Crippen LogP contribution in [0.5, 0.6) is 0 Å². The number of esters is 1. The van der Waals surface area contributed by atoms with Gasteiger partial charge in [-0.05, 0) is 32.1 Å². The molecule has 2 bridgehead atoms. The van der Waals surface area contributed by atoms with Crippen molar-refractivity contribution in [1.82, 2.24) is 0 Å². The van der Waals surface area contributed by atoms with Crippen LogP contribution in [0.2, 0.25) is 0 Å². The van der Waals surface area contributed by atoms with Gasteiger partial charge in [0.05, 0.1) is 0 Å². The minimum atomic E-state index is -0.823. The second kappa shape index (κ2) is 3.84. The van der Waals surface area contributed by atoms with Gasteiger partial charge in [0.25, 0.3) is 0 Å². The van der Waals surface area contributed by atoms with Crippen molar-refractivity contribution in [3.05, 3.63) is 12.2 Å². The van der Waals surface area contributed by atoms with E-state index in [0.29, 0.717) is 11.5 Å². The first-order valence-corrected chi connectivity index (χ1v) is 7.41. The molecule has 0 N–H and O–H groups in total. The van der Waals surface area contributed by atoms with Crippen LogP contribution >= 0.6 is 0 Å². The van der Waals surface area contributed by atoms with E-state index in [1.807, 2.05) is 6.92 Å². The predicted octanol–water partition coefficient (Wildman–Crippen LogP) is 2.32. The van der Waals surface area contributed by atoms with Crippen LogP contribution in [0.3, 0.4) is 0 Å². The number of hydrogen-bond donors (Lipinski definition) is 0. The van der Waals surface area contributed by atoms with Gasteiger partial charge in [-0.2, -0.15) is 0 Å². The van der Waals surface area contributed by atoms with Gasteiger partial charge in [0.2, 0.25) is 12.1 Å². The Labute approximate surface area is 118 Å². The molecule has 20 heavy (non-hydrogen) atoms. The normalized spacial score (nSPS) is 54.1. The number of hydrogen-bond acceptors (Lipinski definition) is 5. The molecule has 1 aliphatic carbocycles. The number of fused-ring (bicyclic) bond motifs is 2. The fourth-order valence-electron chi connectivity index (χ4n) is 4.46. The summed E-state index contributed by atoms with van der Waals surface area (Å²) < 4.78 is 11.5. The average molecular weight is 280 g/mol. The summed E-state index contributed by atoms with van der Waals surface area (Å²) in [6, 6.07) is 0. The Bertz CT molecular complexity index is 489. The molecule has 5 fully saturated rings. The van der Waals surface area contributed by atoms with E-state index in [0.717, 1.165) is 25.7 Å². The first-order chi connectivity index (χ1) is 9.46. The monoisotopic (exact) mass is 280 g/mol. The largest absolute Gasteiger partial charge is 0.429 e. The van der Waals surface area contributed by atoms with Crippen LogP contribution in [0.25, 0.3) is 0 Å². The summed E-state index contributed by atoms with van der Waals surface area (Å²) in [7, 11) is 0. The minimum absolute atomic E-state index is 0.0717. The summed E-state index contributed by atoms with van der Waals surface area (Å²) in [4.78, 5) is 23.5. The molecule has 5 nitrogen and oxygen atoms in total. The molecule has 5 rings (SSSR count). The molecule has 5 aliphatic rings. The summed E-state index contributed by atoms with van der Waals surface area (Å²) in [6.07, 6.45) is 2.95. The highest BCUT2D eigenvalue weighted by molar-refractivity contribution is 5.89. The van der Waals surface area contributed by atoms with Crippen LogP contribution in [0.1, 0.15) is 39.5 Å². The Morgan fingerprint density at radius 1 is 1.25 bits per heavy atom. The lowest BCUT2D eigenvalue weighted by Gasteiger charge is -2.56. The fourth-order valence-corrected chi connectivity index (χ4v) is 4.46. The third kappa shape index (κ3) is 1.41. The maximum Gasteiger partial charge on any atom is 0.336 e. The first kappa shape index (κ1) is 12.8. The van der Waals surface area contributed by atoms with E-state index < -0.39 is 17.7 Å². The lowest BCUT2D eigenvalue weighted by Crippen LogP contribution is -2.68. The summed E-state index contributed by atoms with van der Waals surface area (Å²) >= 11 is 0. The lowest BCUT2D eigenvalue weighted by atomic mass is 9.59. The summed E-state index contributed by atoms with van der Waals surface area (Å²) in [5.41, 5.74) is -0.213. The topological polar surface area (TPSA) is 54.0 Å². The van der Waals surface area contributed by atoms with Crippen LogP contribution in [0, 0.1) is 17.8 Å². The molecule has 0 aromatic carbocycles. The number of carbonyl (C=O) groups is 1. The highest BCUT2D eigenvalue weighted by Gasteiger charge is 2.69. The Morgan fingerprint density at radius 2 is 2.05 bits per heavy atom. The molecule has 0 radical (unpaired) electrons. The molecule has 2 unspecified atom stereocenters. The highest BCUT2D eigenvalue weighted by atomic mass is 17.3. The van der Waals surface area contributed by atoms with Gasteiger partial charge in [-0.1, -0.05) is 13.5 Å². The van der Waals surface area contributed by atoms with E-state index in [2.05, 4.69) is 13.5 Å². The van der Waals surface area contributed by atoms with Crippen molar-refractivity contribution in [2.24, 2.45) is 17.8 Å². The Hall–Kier alpha value is -0.910. The van der Waals surface area contributed by atoms with E-state index in [4.69, 9.17) is 19.2 Å². The summed E-state index contributed by atoms with van der Waals surface area (Å²) in [5, 5.41) is 0. The van der Waals surface area contributed by atoms with Crippen LogP contribution in [0.4, 0.5) is 0 Å². The van der Waals surface area contributed by atoms with Crippen molar-refractivity contribution in [2.45, 2.75) is 57.2 Å². The predicted molar refractivity (Wildman–Crippen MR) is 68.0 cm³/mol. The Kier molecular flexibility index (Phi) is 2.46. The molecule has 4 saturated heterocycles. The molecule has 0 aromatic rings. The number of ether oxygens (including phenoxy) is 2. The molecular formula is C15H20O5. The van der Waals surface area contributed by atoms with E-state index in [1.165, 1.54) is 0 Å². The molecule has 0 aromatic heterocycles. The van der Waals surface area contributed by atoms with Crippen molar-refractivity contribution in [2.75, 3.05) is 0 Å². The SMILES string of the molecule is C=C1C(=O)OC2O[C@]3(C)CCC4[C@H](C)CC[C@@H]1[C@@]24OO3. The van der Waals surface area contributed by atoms with E-state index in [-0.39, 0.29) is 17.8 Å². The zero-order valence-corrected chi connectivity index (χ0v) is 11.9. The van der Waals surface area contributed by atoms with Gasteiger partial charge in [-0.3, -0.25) is 0 Å². The summed E-state index contributed by atoms with van der Waals surface area (Å²) in [5.74, 6) is -0.501. The van der Waals surface area contributed by atoms with E-state index in [1.54, 1.807) is 0 Å². The lowest BCUT2D eigenvalue weighted by molar-refractivity contribution is -0.554. The second-order valence-corrected chi connectivity index (χ2v) is 6.79. The van der Waals surface area contributed by atoms with Crippen molar-refractivity contribution >= 4 is 5.97 Å². The molecule has 4 aliphatic heterocycles. The van der Waals surface area contributed by atoms with Gasteiger partial charge < -0.3 is 9.47 Å². The maximum absolute atomic E-state index is 12.0. The third-order valence-corrected chi connectivity index (χ3v) is 5.62. The van der Waals surface area contributed by atoms with Gasteiger partial charge in [0.15, 0.2) is 5.60 Å².